The topological polar surface area (TPSA) is 96.0 Å². The van der Waals surface area contributed by atoms with Gasteiger partial charge in [-0.25, -0.2) is 8.42 Å². The molecule has 0 aliphatic rings. The fraction of sp³-hybridized carbons (Fsp3) is 0.481. The maximum absolute atomic E-state index is 13.8. The van der Waals surface area contributed by atoms with Gasteiger partial charge >= 0.3 is 0 Å². The maximum atomic E-state index is 13.8. The fourth-order valence-electron chi connectivity index (χ4n) is 3.97. The summed E-state index contributed by atoms with van der Waals surface area (Å²) in [6, 6.07) is 13.7. The lowest BCUT2D eigenvalue weighted by Gasteiger charge is -2.33. The smallest absolute Gasteiger partial charge is 0.244 e. The quantitative estimate of drug-likeness (QED) is 0.384. The number of ether oxygens (including phenoxy) is 1. The highest BCUT2D eigenvalue weighted by molar-refractivity contribution is 7.92. The highest BCUT2D eigenvalue weighted by Gasteiger charge is 2.32. The molecule has 1 unspecified atom stereocenters. The summed E-state index contributed by atoms with van der Waals surface area (Å²) in [4.78, 5) is 28.3. The van der Waals surface area contributed by atoms with Crippen LogP contribution in [0.3, 0.4) is 0 Å². The van der Waals surface area contributed by atoms with Crippen LogP contribution in [0.15, 0.2) is 48.5 Å². The van der Waals surface area contributed by atoms with E-state index in [1.165, 1.54) is 4.90 Å². The van der Waals surface area contributed by atoms with Crippen LogP contribution in [0.4, 0.5) is 5.69 Å². The Hall–Kier alpha value is -3.07. The van der Waals surface area contributed by atoms with Crippen molar-refractivity contribution in [2.75, 3.05) is 30.3 Å². The van der Waals surface area contributed by atoms with Crippen LogP contribution in [0.2, 0.25) is 0 Å². The van der Waals surface area contributed by atoms with E-state index in [4.69, 9.17) is 4.74 Å². The molecule has 0 saturated heterocycles. The number of carbonyl (C=O) groups excluding carboxylic acids is 2. The van der Waals surface area contributed by atoms with Crippen molar-refractivity contribution >= 4 is 27.5 Å². The van der Waals surface area contributed by atoms with E-state index < -0.39 is 28.5 Å². The molecule has 0 heterocycles. The third kappa shape index (κ3) is 8.26. The van der Waals surface area contributed by atoms with Gasteiger partial charge in [-0.3, -0.25) is 13.9 Å². The van der Waals surface area contributed by atoms with Crippen LogP contribution in [-0.2, 0) is 26.2 Å². The van der Waals surface area contributed by atoms with Crippen molar-refractivity contribution in [3.05, 3.63) is 59.7 Å². The zero-order valence-corrected chi connectivity index (χ0v) is 22.8. The van der Waals surface area contributed by atoms with Gasteiger partial charge in [-0.15, -0.1) is 0 Å². The van der Waals surface area contributed by atoms with E-state index in [1.54, 1.807) is 31.2 Å². The molecule has 1 atom stereocenters. The Bertz CT molecular complexity index is 1120. The van der Waals surface area contributed by atoms with Gasteiger partial charge in [0.2, 0.25) is 21.8 Å². The molecule has 0 aromatic heterocycles. The number of amides is 2. The lowest BCUT2D eigenvalue weighted by atomic mass is 10.1. The Morgan fingerprint density at radius 3 is 2.39 bits per heavy atom. The first-order valence-electron chi connectivity index (χ1n) is 12.4. The van der Waals surface area contributed by atoms with E-state index in [0.29, 0.717) is 25.3 Å². The Kier molecular flexibility index (Phi) is 11.2. The molecule has 0 aliphatic heterocycles. The van der Waals surface area contributed by atoms with Crippen molar-refractivity contribution < 1.29 is 22.7 Å². The van der Waals surface area contributed by atoms with E-state index in [-0.39, 0.29) is 18.1 Å². The number of benzene rings is 2. The van der Waals surface area contributed by atoms with Gasteiger partial charge in [-0.1, -0.05) is 62.2 Å². The number of hydrogen-bond acceptors (Lipinski definition) is 5. The Labute approximate surface area is 215 Å². The van der Waals surface area contributed by atoms with Crippen LogP contribution in [0, 0.1) is 6.92 Å². The van der Waals surface area contributed by atoms with Crippen LogP contribution in [0.5, 0.6) is 5.75 Å². The second-order valence-corrected chi connectivity index (χ2v) is 10.7. The Morgan fingerprint density at radius 2 is 1.78 bits per heavy atom. The monoisotopic (exact) mass is 517 g/mol. The first-order chi connectivity index (χ1) is 17.1. The first-order valence-corrected chi connectivity index (χ1v) is 14.3. The van der Waals surface area contributed by atoms with Crippen LogP contribution in [0.25, 0.3) is 0 Å². The van der Waals surface area contributed by atoms with E-state index >= 15 is 0 Å². The number of unbranched alkanes of at least 4 members (excludes halogenated alkanes) is 1. The molecule has 36 heavy (non-hydrogen) atoms. The number of anilines is 1. The molecule has 8 nitrogen and oxygen atoms in total. The third-order valence-corrected chi connectivity index (χ3v) is 6.89. The van der Waals surface area contributed by atoms with Gasteiger partial charge in [-0.2, -0.15) is 0 Å². The average molecular weight is 518 g/mol. The lowest BCUT2D eigenvalue weighted by molar-refractivity contribution is -0.140. The molecule has 0 spiro atoms. The highest BCUT2D eigenvalue weighted by atomic mass is 32.2. The molecule has 2 rings (SSSR count). The number of sulfonamides is 1. The summed E-state index contributed by atoms with van der Waals surface area (Å²) in [5.74, 6) is -0.342. The van der Waals surface area contributed by atoms with Crippen molar-refractivity contribution in [2.45, 2.75) is 59.5 Å². The number of rotatable bonds is 14. The van der Waals surface area contributed by atoms with Gasteiger partial charge in [0.15, 0.2) is 0 Å². The Balaban J connectivity index is 2.45. The summed E-state index contributed by atoms with van der Waals surface area (Å²) in [6.45, 7) is 8.25. The summed E-state index contributed by atoms with van der Waals surface area (Å²) in [6.07, 6.45) is 3.22. The normalized spacial score (nSPS) is 12.0. The minimum absolute atomic E-state index is 0.185. The highest BCUT2D eigenvalue weighted by Crippen LogP contribution is 2.30. The van der Waals surface area contributed by atoms with Gasteiger partial charge in [0.25, 0.3) is 0 Å². The number of nitrogens with one attached hydrogen (secondary N) is 1. The van der Waals surface area contributed by atoms with Crippen molar-refractivity contribution in [2.24, 2.45) is 0 Å². The molecule has 1 N–H and O–H groups in total. The second-order valence-electron chi connectivity index (χ2n) is 8.75. The van der Waals surface area contributed by atoms with Crippen LogP contribution in [-0.4, -0.2) is 57.1 Å². The Morgan fingerprint density at radius 1 is 1.06 bits per heavy atom. The number of nitrogens with zero attached hydrogens (tertiary/aromatic N) is 2. The number of carbonyl (C=O) groups is 2. The molecule has 9 heteroatoms. The molecule has 0 fully saturated rings. The molecule has 0 radical (unpaired) electrons. The fourth-order valence-corrected chi connectivity index (χ4v) is 4.82. The van der Waals surface area contributed by atoms with Gasteiger partial charge in [0.05, 0.1) is 18.6 Å². The minimum Gasteiger partial charge on any atom is -0.492 e. The van der Waals surface area contributed by atoms with Gasteiger partial charge in [0, 0.05) is 13.1 Å². The van der Waals surface area contributed by atoms with Crippen molar-refractivity contribution in [3.8, 4) is 5.75 Å². The minimum atomic E-state index is -3.83. The van der Waals surface area contributed by atoms with Gasteiger partial charge in [-0.05, 0) is 44.4 Å². The second kappa shape index (κ2) is 13.9. The van der Waals surface area contributed by atoms with E-state index in [1.807, 2.05) is 45.0 Å². The van der Waals surface area contributed by atoms with Crippen molar-refractivity contribution in [1.29, 1.82) is 0 Å². The SMILES string of the molecule is CCCCNC(=O)C(CC)N(Cc1cccc(C)c1)C(=O)CN(c1ccccc1OCC)S(C)(=O)=O. The number of para-hydroxylation sites is 2. The zero-order valence-electron chi connectivity index (χ0n) is 22.0. The van der Waals surface area contributed by atoms with Crippen LogP contribution in [0.1, 0.15) is 51.2 Å². The van der Waals surface area contributed by atoms with Crippen molar-refractivity contribution in [3.63, 3.8) is 0 Å². The molecule has 0 aliphatic carbocycles. The van der Waals surface area contributed by atoms with Crippen LogP contribution < -0.4 is 14.4 Å². The average Bonchev–Trinajstić information content (AvgIpc) is 2.82. The number of aryl methyl sites for hydroxylation is 1. The largest absolute Gasteiger partial charge is 0.492 e. The van der Waals surface area contributed by atoms with E-state index in [2.05, 4.69) is 5.32 Å². The molecule has 2 aromatic carbocycles. The lowest BCUT2D eigenvalue weighted by Crippen LogP contribution is -2.52. The molecular formula is C27H39N3O5S. The van der Waals surface area contributed by atoms with E-state index in [9.17, 15) is 18.0 Å². The third-order valence-electron chi connectivity index (χ3n) is 5.76. The van der Waals surface area contributed by atoms with Crippen LogP contribution >= 0.6 is 0 Å². The summed E-state index contributed by atoms with van der Waals surface area (Å²) in [5, 5.41) is 2.92. The van der Waals surface area contributed by atoms with E-state index in [0.717, 1.165) is 34.5 Å². The van der Waals surface area contributed by atoms with Gasteiger partial charge < -0.3 is 15.0 Å². The molecule has 198 valence electrons. The molecule has 0 saturated carbocycles. The molecule has 2 amide bonds. The summed E-state index contributed by atoms with van der Waals surface area (Å²) in [7, 11) is -3.83. The summed E-state index contributed by atoms with van der Waals surface area (Å²) >= 11 is 0. The maximum Gasteiger partial charge on any atom is 0.244 e. The number of hydrogen-bond donors (Lipinski definition) is 1. The zero-order chi connectivity index (χ0) is 26.7. The van der Waals surface area contributed by atoms with Gasteiger partial charge in [0.1, 0.15) is 18.3 Å². The first kappa shape index (κ1) is 29.2. The van der Waals surface area contributed by atoms with Crippen molar-refractivity contribution in [1.82, 2.24) is 10.2 Å². The standard InChI is InChI=1S/C27H39N3O5S/c1-6-9-17-28-27(32)23(7-2)29(19-22-14-12-13-21(4)18-22)26(31)20-30(36(5,33)34)24-15-10-11-16-25(24)35-8-3/h10-16,18,23H,6-9,17,19-20H2,1-5H3,(H,28,32). The predicted octanol–water partition coefficient (Wildman–Crippen LogP) is 3.88. The summed E-state index contributed by atoms with van der Waals surface area (Å²) in [5.41, 5.74) is 2.18. The molecule has 2 aromatic rings. The molecular weight excluding hydrogens is 478 g/mol. The summed E-state index contributed by atoms with van der Waals surface area (Å²) < 4.78 is 32.3. The molecule has 0 bridgehead atoms. The predicted molar refractivity (Wildman–Crippen MR) is 144 cm³/mol.